The van der Waals surface area contributed by atoms with Crippen molar-refractivity contribution in [1.29, 1.82) is 0 Å². The second kappa shape index (κ2) is 6.43. The third-order valence-electron chi connectivity index (χ3n) is 4.57. The number of morpholine rings is 1. The van der Waals surface area contributed by atoms with Gasteiger partial charge in [0.15, 0.2) is 0 Å². The molecule has 1 saturated heterocycles. The van der Waals surface area contributed by atoms with Gasteiger partial charge in [-0.2, -0.15) is 0 Å². The SMILES string of the molecule is C[C@@H](NC(=O)c1cc(N2CCOCC2)ccn1)C1CCC1. The Hall–Kier alpha value is -1.62. The molecule has 2 fully saturated rings. The van der Waals surface area contributed by atoms with Crippen LogP contribution in [0, 0.1) is 5.92 Å². The summed E-state index contributed by atoms with van der Waals surface area (Å²) >= 11 is 0. The fourth-order valence-corrected chi connectivity index (χ4v) is 2.90. The van der Waals surface area contributed by atoms with Gasteiger partial charge in [-0.05, 0) is 37.8 Å². The normalized spacial score (nSPS) is 20.7. The number of amides is 1. The molecule has 0 aromatic carbocycles. The smallest absolute Gasteiger partial charge is 0.270 e. The van der Waals surface area contributed by atoms with Crippen LogP contribution in [0.5, 0.6) is 0 Å². The molecular weight excluding hydrogens is 266 g/mol. The number of aromatic nitrogens is 1. The minimum Gasteiger partial charge on any atom is -0.378 e. The summed E-state index contributed by atoms with van der Waals surface area (Å²) in [5.74, 6) is 0.570. The summed E-state index contributed by atoms with van der Waals surface area (Å²) in [6, 6.07) is 4.08. The molecule has 5 heteroatoms. The predicted molar refractivity (Wildman–Crippen MR) is 81.5 cm³/mol. The molecule has 0 radical (unpaired) electrons. The van der Waals surface area contributed by atoms with E-state index < -0.39 is 0 Å². The van der Waals surface area contributed by atoms with Gasteiger partial charge in [0.05, 0.1) is 13.2 Å². The molecule has 0 bridgehead atoms. The summed E-state index contributed by atoms with van der Waals surface area (Å²) in [7, 11) is 0. The minimum absolute atomic E-state index is 0.0653. The number of pyridine rings is 1. The maximum Gasteiger partial charge on any atom is 0.270 e. The van der Waals surface area contributed by atoms with E-state index in [9.17, 15) is 4.79 Å². The molecule has 0 spiro atoms. The summed E-state index contributed by atoms with van der Waals surface area (Å²) in [5, 5.41) is 3.08. The highest BCUT2D eigenvalue weighted by atomic mass is 16.5. The first-order valence-corrected chi connectivity index (χ1v) is 7.83. The van der Waals surface area contributed by atoms with Gasteiger partial charge in [0.1, 0.15) is 5.69 Å². The van der Waals surface area contributed by atoms with Crippen LogP contribution in [0.25, 0.3) is 0 Å². The summed E-state index contributed by atoms with van der Waals surface area (Å²) in [6.07, 6.45) is 5.45. The second-order valence-electron chi connectivity index (χ2n) is 5.95. The molecule has 1 N–H and O–H groups in total. The number of rotatable bonds is 4. The molecule has 5 nitrogen and oxygen atoms in total. The Morgan fingerprint density at radius 1 is 1.43 bits per heavy atom. The van der Waals surface area contributed by atoms with Crippen LogP contribution < -0.4 is 10.2 Å². The highest BCUT2D eigenvalue weighted by molar-refractivity contribution is 5.93. The first-order valence-electron chi connectivity index (χ1n) is 7.83. The fraction of sp³-hybridized carbons (Fsp3) is 0.625. The lowest BCUT2D eigenvalue weighted by atomic mass is 9.80. The van der Waals surface area contributed by atoms with Crippen LogP contribution >= 0.6 is 0 Å². The average molecular weight is 289 g/mol. The number of ether oxygens (including phenoxy) is 1. The average Bonchev–Trinajstić information content (AvgIpc) is 2.46. The summed E-state index contributed by atoms with van der Waals surface area (Å²) in [5.41, 5.74) is 1.56. The number of hydrogen-bond acceptors (Lipinski definition) is 4. The Balaban J connectivity index is 1.65. The maximum atomic E-state index is 12.3. The van der Waals surface area contributed by atoms with Gasteiger partial charge in [-0.25, -0.2) is 0 Å². The van der Waals surface area contributed by atoms with Gasteiger partial charge in [0.25, 0.3) is 5.91 Å². The predicted octanol–water partition coefficient (Wildman–Crippen LogP) is 1.84. The quantitative estimate of drug-likeness (QED) is 0.919. The summed E-state index contributed by atoms with van der Waals surface area (Å²) in [6.45, 7) is 5.30. The standard InChI is InChI=1S/C16H23N3O2/c1-12(13-3-2-4-13)18-16(20)15-11-14(5-6-17-15)19-7-9-21-10-8-19/h5-6,11-13H,2-4,7-10H2,1H3,(H,18,20)/t12-/m1/s1. The van der Waals surface area contributed by atoms with E-state index in [0.717, 1.165) is 32.0 Å². The van der Waals surface area contributed by atoms with Gasteiger partial charge < -0.3 is 15.0 Å². The Morgan fingerprint density at radius 3 is 2.86 bits per heavy atom. The Labute approximate surface area is 125 Å². The largest absolute Gasteiger partial charge is 0.378 e. The van der Waals surface area contributed by atoms with E-state index in [-0.39, 0.29) is 11.9 Å². The molecule has 1 aliphatic carbocycles. The second-order valence-corrected chi connectivity index (χ2v) is 5.95. The lowest BCUT2D eigenvalue weighted by Crippen LogP contribution is -2.41. The number of anilines is 1. The van der Waals surface area contributed by atoms with Gasteiger partial charge >= 0.3 is 0 Å². The van der Waals surface area contributed by atoms with E-state index in [1.165, 1.54) is 19.3 Å². The van der Waals surface area contributed by atoms with E-state index >= 15 is 0 Å². The van der Waals surface area contributed by atoms with Crippen LogP contribution in [0.15, 0.2) is 18.3 Å². The molecule has 2 heterocycles. The van der Waals surface area contributed by atoms with Crippen molar-refractivity contribution in [2.24, 2.45) is 5.92 Å². The van der Waals surface area contributed by atoms with Crippen molar-refractivity contribution in [2.45, 2.75) is 32.2 Å². The zero-order valence-corrected chi connectivity index (χ0v) is 12.5. The zero-order valence-electron chi connectivity index (χ0n) is 12.5. The van der Waals surface area contributed by atoms with Crippen LogP contribution in [0.4, 0.5) is 5.69 Å². The number of nitrogens with one attached hydrogen (secondary N) is 1. The molecule has 1 aromatic rings. The molecule has 3 rings (SSSR count). The van der Waals surface area contributed by atoms with Gasteiger partial charge in [-0.15, -0.1) is 0 Å². The molecular formula is C16H23N3O2. The number of carbonyl (C=O) groups excluding carboxylic acids is 1. The van der Waals surface area contributed by atoms with Gasteiger partial charge in [0.2, 0.25) is 0 Å². The summed E-state index contributed by atoms with van der Waals surface area (Å²) in [4.78, 5) is 18.8. The van der Waals surface area contributed by atoms with E-state index in [4.69, 9.17) is 4.74 Å². The molecule has 21 heavy (non-hydrogen) atoms. The van der Waals surface area contributed by atoms with Crippen LogP contribution in [-0.4, -0.2) is 43.2 Å². The molecule has 2 aliphatic rings. The molecule has 1 saturated carbocycles. The molecule has 1 atom stereocenters. The third kappa shape index (κ3) is 3.35. The lowest BCUT2D eigenvalue weighted by molar-refractivity contribution is 0.0904. The number of hydrogen-bond donors (Lipinski definition) is 1. The van der Waals surface area contributed by atoms with Crippen molar-refractivity contribution in [2.75, 3.05) is 31.2 Å². The van der Waals surface area contributed by atoms with E-state index in [2.05, 4.69) is 22.1 Å². The summed E-state index contributed by atoms with van der Waals surface area (Å²) < 4.78 is 5.36. The fourth-order valence-electron chi connectivity index (χ4n) is 2.90. The lowest BCUT2D eigenvalue weighted by Gasteiger charge is -2.32. The highest BCUT2D eigenvalue weighted by Gasteiger charge is 2.25. The van der Waals surface area contributed by atoms with Crippen molar-refractivity contribution >= 4 is 11.6 Å². The van der Waals surface area contributed by atoms with Crippen molar-refractivity contribution in [3.05, 3.63) is 24.0 Å². The van der Waals surface area contributed by atoms with E-state index in [0.29, 0.717) is 11.6 Å². The molecule has 1 aromatic heterocycles. The topological polar surface area (TPSA) is 54.5 Å². The van der Waals surface area contributed by atoms with Gasteiger partial charge in [-0.3, -0.25) is 9.78 Å². The van der Waals surface area contributed by atoms with Crippen LogP contribution in [0.2, 0.25) is 0 Å². The molecule has 1 amide bonds. The molecule has 0 unspecified atom stereocenters. The van der Waals surface area contributed by atoms with E-state index in [1.54, 1.807) is 6.20 Å². The third-order valence-corrected chi connectivity index (χ3v) is 4.57. The number of carbonyl (C=O) groups is 1. The van der Waals surface area contributed by atoms with Crippen molar-refractivity contribution in [1.82, 2.24) is 10.3 Å². The number of nitrogens with zero attached hydrogens (tertiary/aromatic N) is 2. The van der Waals surface area contributed by atoms with Crippen LogP contribution in [0.3, 0.4) is 0 Å². The van der Waals surface area contributed by atoms with Crippen molar-refractivity contribution in [3.63, 3.8) is 0 Å². The van der Waals surface area contributed by atoms with Gasteiger partial charge in [0, 0.05) is 31.0 Å². The van der Waals surface area contributed by atoms with Crippen molar-refractivity contribution < 1.29 is 9.53 Å². The highest BCUT2D eigenvalue weighted by Crippen LogP contribution is 2.29. The minimum atomic E-state index is -0.0653. The van der Waals surface area contributed by atoms with Crippen LogP contribution in [0.1, 0.15) is 36.7 Å². The van der Waals surface area contributed by atoms with Crippen molar-refractivity contribution in [3.8, 4) is 0 Å². The van der Waals surface area contributed by atoms with E-state index in [1.807, 2.05) is 12.1 Å². The first kappa shape index (κ1) is 14.3. The molecule has 114 valence electrons. The monoisotopic (exact) mass is 289 g/mol. The maximum absolute atomic E-state index is 12.3. The van der Waals surface area contributed by atoms with Gasteiger partial charge in [-0.1, -0.05) is 6.42 Å². The van der Waals surface area contributed by atoms with Crippen LogP contribution in [-0.2, 0) is 4.74 Å². The zero-order chi connectivity index (χ0) is 14.7. The Kier molecular flexibility index (Phi) is 4.39. The molecule has 1 aliphatic heterocycles. The Bertz CT molecular complexity index is 496. The first-order chi connectivity index (χ1) is 10.2. The Morgan fingerprint density at radius 2 is 2.19 bits per heavy atom.